The molecule has 0 radical (unpaired) electrons. The summed E-state index contributed by atoms with van der Waals surface area (Å²) < 4.78 is 0. The number of hydroxylamine groups is 2. The van der Waals surface area contributed by atoms with Gasteiger partial charge in [-0.05, 0) is 31.5 Å². The zero-order valence-corrected chi connectivity index (χ0v) is 9.77. The van der Waals surface area contributed by atoms with E-state index < -0.39 is 0 Å². The standard InChI is InChI=1S/C12H20N2O/c1-4-14(5-2)12-8-6-11(7-9-12)10-13(3)15/h6-9,15H,4-5,10H2,1-3H3. The van der Waals surface area contributed by atoms with Gasteiger partial charge in [0.2, 0.25) is 0 Å². The maximum absolute atomic E-state index is 9.10. The minimum atomic E-state index is 0.568. The van der Waals surface area contributed by atoms with Crippen LogP contribution in [0.5, 0.6) is 0 Å². The van der Waals surface area contributed by atoms with Gasteiger partial charge in [-0.15, -0.1) is 0 Å². The third kappa shape index (κ3) is 3.53. The van der Waals surface area contributed by atoms with Gasteiger partial charge in [-0.3, -0.25) is 0 Å². The molecule has 1 rings (SSSR count). The molecule has 0 atom stereocenters. The Morgan fingerprint density at radius 1 is 1.07 bits per heavy atom. The smallest absolute Gasteiger partial charge is 0.0485 e. The molecule has 0 amide bonds. The normalized spacial score (nSPS) is 10.7. The zero-order valence-electron chi connectivity index (χ0n) is 9.77. The van der Waals surface area contributed by atoms with E-state index >= 15 is 0 Å². The highest BCUT2D eigenvalue weighted by Crippen LogP contribution is 2.15. The molecule has 0 saturated carbocycles. The molecule has 0 unspecified atom stereocenters. The molecule has 3 heteroatoms. The van der Waals surface area contributed by atoms with E-state index in [1.54, 1.807) is 7.05 Å². The highest BCUT2D eigenvalue weighted by atomic mass is 16.5. The lowest BCUT2D eigenvalue weighted by Gasteiger charge is -2.21. The van der Waals surface area contributed by atoms with Crippen LogP contribution >= 0.6 is 0 Å². The van der Waals surface area contributed by atoms with Gasteiger partial charge < -0.3 is 10.1 Å². The molecule has 0 bridgehead atoms. The third-order valence-corrected chi connectivity index (χ3v) is 2.48. The highest BCUT2D eigenvalue weighted by Gasteiger charge is 2.01. The van der Waals surface area contributed by atoms with E-state index in [1.165, 1.54) is 10.8 Å². The van der Waals surface area contributed by atoms with E-state index in [2.05, 4.69) is 43.0 Å². The monoisotopic (exact) mass is 208 g/mol. The van der Waals surface area contributed by atoms with Crippen LogP contribution in [0, 0.1) is 0 Å². The SMILES string of the molecule is CCN(CC)c1ccc(CN(C)O)cc1. The molecule has 1 aromatic carbocycles. The van der Waals surface area contributed by atoms with Crippen molar-refractivity contribution in [2.45, 2.75) is 20.4 Å². The number of rotatable bonds is 5. The van der Waals surface area contributed by atoms with Gasteiger partial charge in [0.15, 0.2) is 0 Å². The molecule has 0 aliphatic rings. The molecule has 1 aromatic rings. The van der Waals surface area contributed by atoms with E-state index in [1.807, 2.05) is 0 Å². The Labute approximate surface area is 91.9 Å². The Hall–Kier alpha value is -1.06. The molecule has 15 heavy (non-hydrogen) atoms. The molecule has 0 aliphatic heterocycles. The van der Waals surface area contributed by atoms with Crippen molar-refractivity contribution in [2.75, 3.05) is 25.0 Å². The van der Waals surface area contributed by atoms with E-state index in [-0.39, 0.29) is 0 Å². The predicted molar refractivity (Wildman–Crippen MR) is 63.3 cm³/mol. The predicted octanol–water partition coefficient (Wildman–Crippen LogP) is 2.35. The summed E-state index contributed by atoms with van der Waals surface area (Å²) in [6.45, 7) is 6.92. The Morgan fingerprint density at radius 2 is 1.60 bits per heavy atom. The Kier molecular flexibility index (Phi) is 4.59. The molecule has 3 nitrogen and oxygen atoms in total. The van der Waals surface area contributed by atoms with Crippen LogP contribution in [0.15, 0.2) is 24.3 Å². The second kappa shape index (κ2) is 5.73. The summed E-state index contributed by atoms with van der Waals surface area (Å²) in [5.74, 6) is 0. The van der Waals surface area contributed by atoms with Crippen LogP contribution in [-0.4, -0.2) is 30.4 Å². The molecule has 0 saturated heterocycles. The lowest BCUT2D eigenvalue weighted by atomic mass is 10.2. The summed E-state index contributed by atoms with van der Waals surface area (Å²) in [4.78, 5) is 2.30. The first kappa shape index (κ1) is 12.0. The lowest BCUT2D eigenvalue weighted by Crippen LogP contribution is -2.21. The largest absolute Gasteiger partial charge is 0.372 e. The third-order valence-electron chi connectivity index (χ3n) is 2.48. The summed E-state index contributed by atoms with van der Waals surface area (Å²) in [5.41, 5.74) is 2.36. The molecule has 0 fully saturated rings. The van der Waals surface area contributed by atoms with Crippen LogP contribution < -0.4 is 4.90 Å². The van der Waals surface area contributed by atoms with Crippen LogP contribution in [-0.2, 0) is 6.54 Å². The summed E-state index contributed by atoms with van der Waals surface area (Å²) >= 11 is 0. The first-order valence-electron chi connectivity index (χ1n) is 5.41. The van der Waals surface area contributed by atoms with Crippen LogP contribution in [0.25, 0.3) is 0 Å². The van der Waals surface area contributed by atoms with Crippen LogP contribution in [0.2, 0.25) is 0 Å². The van der Waals surface area contributed by atoms with E-state index in [0.29, 0.717) is 6.54 Å². The first-order chi connectivity index (χ1) is 7.17. The summed E-state index contributed by atoms with van der Waals surface area (Å²) in [5, 5.41) is 10.3. The quantitative estimate of drug-likeness (QED) is 0.752. The zero-order chi connectivity index (χ0) is 11.3. The van der Waals surface area contributed by atoms with E-state index in [4.69, 9.17) is 5.21 Å². The minimum absolute atomic E-state index is 0.568. The van der Waals surface area contributed by atoms with E-state index in [9.17, 15) is 0 Å². The van der Waals surface area contributed by atoms with Crippen molar-refractivity contribution in [3.8, 4) is 0 Å². The maximum Gasteiger partial charge on any atom is 0.0485 e. The maximum atomic E-state index is 9.10. The number of benzene rings is 1. The van der Waals surface area contributed by atoms with Crippen molar-refractivity contribution in [1.82, 2.24) is 5.06 Å². The molecular weight excluding hydrogens is 188 g/mol. The molecule has 0 heterocycles. The summed E-state index contributed by atoms with van der Waals surface area (Å²) in [7, 11) is 1.65. The average molecular weight is 208 g/mol. The van der Waals surface area contributed by atoms with Crippen molar-refractivity contribution in [1.29, 1.82) is 0 Å². The fraction of sp³-hybridized carbons (Fsp3) is 0.500. The van der Waals surface area contributed by atoms with Crippen LogP contribution in [0.4, 0.5) is 5.69 Å². The Balaban J connectivity index is 2.71. The van der Waals surface area contributed by atoms with Gasteiger partial charge in [0, 0.05) is 32.4 Å². The van der Waals surface area contributed by atoms with Crippen molar-refractivity contribution in [2.24, 2.45) is 0 Å². The number of hydrogen-bond acceptors (Lipinski definition) is 3. The second-order valence-electron chi connectivity index (χ2n) is 3.65. The van der Waals surface area contributed by atoms with Gasteiger partial charge in [0.1, 0.15) is 0 Å². The topological polar surface area (TPSA) is 26.7 Å². The molecule has 0 aliphatic carbocycles. The van der Waals surface area contributed by atoms with Gasteiger partial charge in [-0.1, -0.05) is 12.1 Å². The van der Waals surface area contributed by atoms with E-state index in [0.717, 1.165) is 18.7 Å². The van der Waals surface area contributed by atoms with Crippen molar-refractivity contribution in [3.05, 3.63) is 29.8 Å². The first-order valence-corrected chi connectivity index (χ1v) is 5.41. The van der Waals surface area contributed by atoms with Crippen molar-refractivity contribution < 1.29 is 5.21 Å². The average Bonchev–Trinajstić information content (AvgIpc) is 2.21. The molecule has 1 N–H and O–H groups in total. The molecule has 0 spiro atoms. The fourth-order valence-electron chi connectivity index (χ4n) is 1.67. The van der Waals surface area contributed by atoms with Gasteiger partial charge in [0.05, 0.1) is 0 Å². The summed E-state index contributed by atoms with van der Waals surface area (Å²) in [6, 6.07) is 8.32. The van der Waals surface area contributed by atoms with Gasteiger partial charge in [-0.25, -0.2) is 0 Å². The number of hydrogen-bond donors (Lipinski definition) is 1. The number of nitrogens with zero attached hydrogens (tertiary/aromatic N) is 2. The lowest BCUT2D eigenvalue weighted by molar-refractivity contribution is -0.0731. The highest BCUT2D eigenvalue weighted by molar-refractivity contribution is 5.47. The minimum Gasteiger partial charge on any atom is -0.372 e. The Bertz CT molecular complexity index is 278. The molecule has 0 aromatic heterocycles. The summed E-state index contributed by atoms with van der Waals surface area (Å²) in [6.07, 6.45) is 0. The van der Waals surface area contributed by atoms with Crippen molar-refractivity contribution >= 4 is 5.69 Å². The number of anilines is 1. The van der Waals surface area contributed by atoms with Crippen molar-refractivity contribution in [3.63, 3.8) is 0 Å². The van der Waals surface area contributed by atoms with Crippen LogP contribution in [0.3, 0.4) is 0 Å². The van der Waals surface area contributed by atoms with Gasteiger partial charge >= 0.3 is 0 Å². The second-order valence-corrected chi connectivity index (χ2v) is 3.65. The molecule has 84 valence electrons. The Morgan fingerprint density at radius 3 is 2.00 bits per heavy atom. The molecular formula is C12H20N2O. The fourth-order valence-corrected chi connectivity index (χ4v) is 1.67. The van der Waals surface area contributed by atoms with Gasteiger partial charge in [0.25, 0.3) is 0 Å². The van der Waals surface area contributed by atoms with Crippen LogP contribution in [0.1, 0.15) is 19.4 Å². The van der Waals surface area contributed by atoms with Gasteiger partial charge in [-0.2, -0.15) is 5.06 Å².